The highest BCUT2D eigenvalue weighted by Gasteiger charge is 2.54. The van der Waals surface area contributed by atoms with Gasteiger partial charge in [-0.3, -0.25) is 9.59 Å². The number of benzene rings is 1. The molecule has 2 aliphatic carbocycles. The molecule has 1 aromatic carbocycles. The monoisotopic (exact) mass is 433 g/mol. The third kappa shape index (κ3) is 3.17. The first kappa shape index (κ1) is 19.3. The van der Waals surface area contributed by atoms with Crippen molar-refractivity contribution in [2.45, 2.75) is 57.2 Å². The Morgan fingerprint density at radius 3 is 2.39 bits per heavy atom. The van der Waals surface area contributed by atoms with E-state index in [1.165, 1.54) is 0 Å². The van der Waals surface area contributed by atoms with Gasteiger partial charge in [-0.15, -0.1) is 8.78 Å². The summed E-state index contributed by atoms with van der Waals surface area (Å²) in [6.07, 6.45) is 2.40. The summed E-state index contributed by atoms with van der Waals surface area (Å²) in [5.41, 5.74) is 1.18. The lowest BCUT2D eigenvalue weighted by Crippen LogP contribution is -2.52. The lowest BCUT2D eigenvalue weighted by Gasteiger charge is -2.53. The molecular weight excluding hydrogens is 408 g/mol. The number of piperidine rings is 1. The van der Waals surface area contributed by atoms with Gasteiger partial charge in [-0.25, -0.2) is 0 Å². The summed E-state index contributed by atoms with van der Waals surface area (Å²) in [5, 5.41) is 0. The van der Waals surface area contributed by atoms with E-state index in [2.05, 4.69) is 9.47 Å². The molecule has 1 aromatic rings. The fourth-order valence-corrected chi connectivity index (χ4v) is 6.37. The zero-order valence-electron chi connectivity index (χ0n) is 17.2. The van der Waals surface area contributed by atoms with Gasteiger partial charge in [-0.05, 0) is 67.6 Å². The molecule has 4 fully saturated rings. The molecule has 1 amide bonds. The second-order valence-corrected chi connectivity index (χ2v) is 10.2. The number of cyclic esters (lactones) is 1. The lowest BCUT2D eigenvalue weighted by molar-refractivity contribution is -0.286. The van der Waals surface area contributed by atoms with Gasteiger partial charge in [-0.2, -0.15) is 0 Å². The Morgan fingerprint density at radius 2 is 1.71 bits per heavy atom. The Labute approximate surface area is 178 Å². The molecule has 2 saturated heterocycles. The Balaban J connectivity index is 1.01. The van der Waals surface area contributed by atoms with Crippen LogP contribution in [0.4, 0.5) is 8.78 Å². The molecule has 0 atom stereocenters. The summed E-state index contributed by atoms with van der Waals surface area (Å²) in [6.45, 7) is 2.02. The standard InChI is InChI=1S/C23H25F2NO5/c24-23(25)30-17-2-1-14(7-18(17)31-23)15-8-21(9-15)3-5-26(6-4-21)20(28)16-10-22(11-16)12-19(27)29-13-22/h1-2,7,15-16H,3-6,8-13H2. The van der Waals surface area contributed by atoms with Gasteiger partial charge in [-0.1, -0.05) is 6.07 Å². The number of amides is 1. The second-order valence-electron chi connectivity index (χ2n) is 10.2. The molecule has 2 spiro atoms. The van der Waals surface area contributed by atoms with Crippen molar-refractivity contribution < 1.29 is 32.6 Å². The summed E-state index contributed by atoms with van der Waals surface area (Å²) in [6, 6.07) is 5.09. The molecule has 0 aromatic heterocycles. The molecule has 0 bridgehead atoms. The van der Waals surface area contributed by atoms with Crippen LogP contribution in [0, 0.1) is 16.7 Å². The predicted molar refractivity (Wildman–Crippen MR) is 104 cm³/mol. The smallest absolute Gasteiger partial charge is 0.465 e. The van der Waals surface area contributed by atoms with Crippen LogP contribution in [0.1, 0.15) is 56.4 Å². The van der Waals surface area contributed by atoms with Crippen molar-refractivity contribution in [1.82, 2.24) is 4.90 Å². The minimum Gasteiger partial charge on any atom is -0.465 e. The van der Waals surface area contributed by atoms with Crippen LogP contribution in [0.3, 0.4) is 0 Å². The maximum Gasteiger partial charge on any atom is 0.586 e. The van der Waals surface area contributed by atoms with Crippen LogP contribution >= 0.6 is 0 Å². The molecule has 31 heavy (non-hydrogen) atoms. The maximum atomic E-state index is 13.2. The van der Waals surface area contributed by atoms with Crippen LogP contribution in [-0.4, -0.2) is 42.8 Å². The summed E-state index contributed by atoms with van der Waals surface area (Å²) >= 11 is 0. The van der Waals surface area contributed by atoms with E-state index in [-0.39, 0.29) is 40.1 Å². The van der Waals surface area contributed by atoms with Crippen molar-refractivity contribution >= 4 is 11.9 Å². The third-order valence-corrected chi connectivity index (χ3v) is 8.16. The van der Waals surface area contributed by atoms with Gasteiger partial charge in [0.1, 0.15) is 0 Å². The van der Waals surface area contributed by atoms with E-state index >= 15 is 0 Å². The lowest BCUT2D eigenvalue weighted by atomic mass is 9.56. The number of carbonyl (C=O) groups excluding carboxylic acids is 2. The number of hydrogen-bond donors (Lipinski definition) is 0. The van der Waals surface area contributed by atoms with Gasteiger partial charge in [0.15, 0.2) is 11.5 Å². The van der Waals surface area contributed by atoms with Crippen molar-refractivity contribution in [3.05, 3.63) is 23.8 Å². The first-order chi connectivity index (χ1) is 14.7. The summed E-state index contributed by atoms with van der Waals surface area (Å²) in [4.78, 5) is 26.3. The number of esters is 1. The van der Waals surface area contributed by atoms with E-state index in [0.29, 0.717) is 18.9 Å². The van der Waals surface area contributed by atoms with E-state index < -0.39 is 6.29 Å². The molecular formula is C23H25F2NO5. The second kappa shape index (κ2) is 6.33. The minimum atomic E-state index is -3.58. The maximum absolute atomic E-state index is 13.2. The number of carbonyl (C=O) groups is 2. The molecule has 0 radical (unpaired) electrons. The number of fused-ring (bicyclic) bond motifs is 1. The SMILES string of the molecule is O=C1CC2(CO1)CC(C(=O)N1CCC3(CC1)CC(c1ccc4c(c1)OC(F)(F)O4)C3)C2. The Morgan fingerprint density at radius 1 is 1.00 bits per heavy atom. The third-order valence-electron chi connectivity index (χ3n) is 8.16. The van der Waals surface area contributed by atoms with Gasteiger partial charge in [0.25, 0.3) is 0 Å². The van der Waals surface area contributed by atoms with Crippen LogP contribution in [0.25, 0.3) is 0 Å². The van der Waals surface area contributed by atoms with Crippen LogP contribution in [0.5, 0.6) is 11.5 Å². The number of rotatable bonds is 2. The molecule has 2 saturated carbocycles. The topological polar surface area (TPSA) is 65.1 Å². The molecule has 6 rings (SSSR count). The minimum absolute atomic E-state index is 0.0319. The number of halogens is 2. The summed E-state index contributed by atoms with van der Waals surface area (Å²) < 4.78 is 40.7. The van der Waals surface area contributed by atoms with Crippen LogP contribution in [0.2, 0.25) is 0 Å². The van der Waals surface area contributed by atoms with Crippen LogP contribution in [-0.2, 0) is 14.3 Å². The molecule has 3 aliphatic heterocycles. The highest BCUT2D eigenvalue weighted by molar-refractivity contribution is 5.81. The quantitative estimate of drug-likeness (QED) is 0.664. The molecule has 3 heterocycles. The number of likely N-dealkylation sites (tertiary alicyclic amines) is 1. The highest BCUT2D eigenvalue weighted by Crippen LogP contribution is 2.58. The van der Waals surface area contributed by atoms with E-state index in [1.54, 1.807) is 12.1 Å². The van der Waals surface area contributed by atoms with Crippen LogP contribution in [0.15, 0.2) is 18.2 Å². The Hall–Kier alpha value is -2.38. The van der Waals surface area contributed by atoms with Crippen molar-refractivity contribution in [3.8, 4) is 11.5 Å². The van der Waals surface area contributed by atoms with Crippen molar-refractivity contribution in [2.24, 2.45) is 16.7 Å². The van der Waals surface area contributed by atoms with Gasteiger partial charge < -0.3 is 19.1 Å². The molecule has 166 valence electrons. The Kier molecular flexibility index (Phi) is 3.94. The van der Waals surface area contributed by atoms with Crippen molar-refractivity contribution in [1.29, 1.82) is 0 Å². The van der Waals surface area contributed by atoms with Gasteiger partial charge in [0, 0.05) is 24.4 Å². The van der Waals surface area contributed by atoms with E-state index in [9.17, 15) is 18.4 Å². The first-order valence-electron chi connectivity index (χ1n) is 11.1. The number of hydrogen-bond acceptors (Lipinski definition) is 5. The van der Waals surface area contributed by atoms with Gasteiger partial charge in [0.05, 0.1) is 13.0 Å². The number of ether oxygens (including phenoxy) is 3. The molecule has 0 unspecified atom stereocenters. The van der Waals surface area contributed by atoms with E-state index in [1.807, 2.05) is 11.0 Å². The Bertz CT molecular complexity index is 941. The van der Waals surface area contributed by atoms with Crippen molar-refractivity contribution in [2.75, 3.05) is 19.7 Å². The summed E-state index contributed by atoms with van der Waals surface area (Å²) in [5.74, 6) is 0.646. The average molecular weight is 433 g/mol. The predicted octanol–water partition coefficient (Wildman–Crippen LogP) is 3.84. The molecule has 8 heteroatoms. The summed E-state index contributed by atoms with van der Waals surface area (Å²) in [7, 11) is 0. The number of alkyl halides is 2. The largest absolute Gasteiger partial charge is 0.586 e. The van der Waals surface area contributed by atoms with E-state index in [4.69, 9.17) is 4.74 Å². The highest BCUT2D eigenvalue weighted by atomic mass is 19.3. The fourth-order valence-electron chi connectivity index (χ4n) is 6.37. The molecule has 6 nitrogen and oxygen atoms in total. The van der Waals surface area contributed by atoms with Gasteiger partial charge >= 0.3 is 12.3 Å². The molecule has 5 aliphatic rings. The zero-order chi connectivity index (χ0) is 21.4. The van der Waals surface area contributed by atoms with Gasteiger partial charge in [0.2, 0.25) is 5.91 Å². The fraction of sp³-hybridized carbons (Fsp3) is 0.652. The first-order valence-corrected chi connectivity index (χ1v) is 11.1. The van der Waals surface area contributed by atoms with Crippen molar-refractivity contribution in [3.63, 3.8) is 0 Å². The average Bonchev–Trinajstić information content (AvgIpc) is 3.22. The van der Waals surface area contributed by atoms with Crippen LogP contribution < -0.4 is 9.47 Å². The molecule has 0 N–H and O–H groups in total. The van der Waals surface area contributed by atoms with E-state index in [0.717, 1.165) is 57.2 Å². The normalized spacial score (nSPS) is 27.8. The number of nitrogens with zero attached hydrogens (tertiary/aromatic N) is 1. The zero-order valence-corrected chi connectivity index (χ0v) is 17.2.